The maximum atomic E-state index is 13.5. The highest BCUT2D eigenvalue weighted by atomic mass is 35.5. The van der Waals surface area contributed by atoms with E-state index < -0.39 is 17.7 Å². The number of dihydropyridines is 1. The van der Waals surface area contributed by atoms with Crippen LogP contribution in [0.5, 0.6) is 0 Å². The lowest BCUT2D eigenvalue weighted by atomic mass is 9.83. The van der Waals surface area contributed by atoms with Gasteiger partial charge in [-0.2, -0.15) is 0 Å². The van der Waals surface area contributed by atoms with E-state index in [1.807, 2.05) is 0 Å². The third-order valence-corrected chi connectivity index (χ3v) is 4.43. The molecule has 0 spiro atoms. The second-order valence-corrected chi connectivity index (χ2v) is 6.01. The van der Waals surface area contributed by atoms with Crippen LogP contribution in [0.1, 0.15) is 24.2 Å². The molecule has 26 heavy (non-hydrogen) atoms. The smallest absolute Gasteiger partial charge is 0.335 e. The fourth-order valence-electron chi connectivity index (χ4n) is 2.96. The Balaban J connectivity index is 2.29. The van der Waals surface area contributed by atoms with Crippen molar-refractivity contribution in [1.29, 1.82) is 0 Å². The Bertz CT molecular complexity index is 971. The minimum absolute atomic E-state index is 0.117. The van der Waals surface area contributed by atoms with Crippen molar-refractivity contribution in [1.82, 2.24) is 5.32 Å². The van der Waals surface area contributed by atoms with Crippen molar-refractivity contribution < 1.29 is 18.3 Å². The summed E-state index contributed by atoms with van der Waals surface area (Å²) < 4.78 is 23.8. The molecule has 2 heterocycles. The van der Waals surface area contributed by atoms with Crippen LogP contribution in [0.3, 0.4) is 0 Å². The highest BCUT2D eigenvalue weighted by Crippen LogP contribution is 2.44. The van der Waals surface area contributed by atoms with Gasteiger partial charge in [-0.25, -0.2) is 14.0 Å². The van der Waals surface area contributed by atoms with Gasteiger partial charge in [0.25, 0.3) is 0 Å². The van der Waals surface area contributed by atoms with Crippen LogP contribution >= 0.6 is 11.6 Å². The van der Waals surface area contributed by atoms with Crippen molar-refractivity contribution in [2.75, 3.05) is 7.11 Å². The fraction of sp³-hybridized carbons (Fsp3) is 0.158. The third kappa shape index (κ3) is 2.98. The fourth-order valence-corrected chi connectivity index (χ4v) is 3.24. The Kier molecular flexibility index (Phi) is 4.83. The molecule has 0 radical (unpaired) electrons. The molecular formula is C19H14ClFN2O3. The lowest BCUT2D eigenvalue weighted by Crippen LogP contribution is -2.28. The van der Waals surface area contributed by atoms with Crippen molar-refractivity contribution >= 4 is 23.3 Å². The largest absolute Gasteiger partial charge is 0.466 e. The van der Waals surface area contributed by atoms with E-state index in [-0.39, 0.29) is 16.3 Å². The minimum atomic E-state index is -0.811. The second-order valence-electron chi connectivity index (χ2n) is 5.60. The Morgan fingerprint density at radius 3 is 2.77 bits per heavy atom. The molecule has 1 unspecified atom stereocenters. The normalized spacial score (nSPS) is 17.0. The molecule has 1 aliphatic heterocycles. The summed E-state index contributed by atoms with van der Waals surface area (Å²) in [6.45, 7) is 9.36. The average molecular weight is 373 g/mol. The van der Waals surface area contributed by atoms with E-state index in [1.165, 1.54) is 25.5 Å². The predicted octanol–water partition coefficient (Wildman–Crippen LogP) is 4.49. The van der Waals surface area contributed by atoms with Gasteiger partial charge in [0.2, 0.25) is 5.70 Å². The SMILES string of the molecule is [C-]#[N+]C1=C(c2ccco2)NC(C)=C(C(=O)OC)C1c1ccc(F)cc1Cl. The van der Waals surface area contributed by atoms with Crippen LogP contribution in [0.2, 0.25) is 5.02 Å². The quantitative estimate of drug-likeness (QED) is 0.637. The molecule has 1 atom stereocenters. The summed E-state index contributed by atoms with van der Waals surface area (Å²) in [5, 5.41) is 3.17. The van der Waals surface area contributed by atoms with Crippen molar-refractivity contribution in [3.63, 3.8) is 0 Å². The summed E-state index contributed by atoms with van der Waals surface area (Å²) in [6.07, 6.45) is 1.49. The maximum Gasteiger partial charge on any atom is 0.335 e. The molecule has 0 fully saturated rings. The molecule has 0 bridgehead atoms. The Morgan fingerprint density at radius 2 is 2.19 bits per heavy atom. The van der Waals surface area contributed by atoms with E-state index in [4.69, 9.17) is 27.3 Å². The van der Waals surface area contributed by atoms with E-state index in [1.54, 1.807) is 19.1 Å². The lowest BCUT2D eigenvalue weighted by molar-refractivity contribution is -0.136. The summed E-state index contributed by atoms with van der Waals surface area (Å²) >= 11 is 6.23. The third-order valence-electron chi connectivity index (χ3n) is 4.10. The number of benzene rings is 1. The van der Waals surface area contributed by atoms with Crippen LogP contribution in [0.4, 0.5) is 4.39 Å². The Hall–Kier alpha value is -3.04. The van der Waals surface area contributed by atoms with Crippen LogP contribution < -0.4 is 5.32 Å². The number of nitrogens with zero attached hydrogens (tertiary/aromatic N) is 1. The Morgan fingerprint density at radius 1 is 1.42 bits per heavy atom. The van der Waals surface area contributed by atoms with E-state index in [2.05, 4.69) is 10.2 Å². The number of allylic oxidation sites excluding steroid dienone is 2. The first-order valence-corrected chi connectivity index (χ1v) is 8.02. The van der Waals surface area contributed by atoms with Gasteiger partial charge in [0.15, 0.2) is 0 Å². The van der Waals surface area contributed by atoms with Crippen molar-refractivity contribution in [2.24, 2.45) is 0 Å². The zero-order chi connectivity index (χ0) is 18.8. The number of carbonyl (C=O) groups is 1. The van der Waals surface area contributed by atoms with Gasteiger partial charge in [0.05, 0.1) is 37.1 Å². The average Bonchev–Trinajstić information content (AvgIpc) is 3.15. The summed E-state index contributed by atoms with van der Waals surface area (Å²) in [7, 11) is 1.26. The van der Waals surface area contributed by atoms with Gasteiger partial charge < -0.3 is 14.5 Å². The Labute approximate surface area is 154 Å². The summed E-state index contributed by atoms with van der Waals surface area (Å²) in [5.74, 6) is -1.47. The maximum absolute atomic E-state index is 13.5. The van der Waals surface area contributed by atoms with Crippen molar-refractivity contribution in [3.8, 4) is 0 Å². The van der Waals surface area contributed by atoms with Gasteiger partial charge in [0, 0.05) is 10.7 Å². The topological polar surface area (TPSA) is 55.8 Å². The molecular weight excluding hydrogens is 359 g/mol. The number of carbonyl (C=O) groups excluding carboxylic acids is 1. The van der Waals surface area contributed by atoms with E-state index in [0.717, 1.165) is 6.07 Å². The van der Waals surface area contributed by atoms with Gasteiger partial charge >= 0.3 is 5.97 Å². The molecule has 5 nitrogen and oxygen atoms in total. The zero-order valence-electron chi connectivity index (χ0n) is 14.0. The standard InChI is InChI=1S/C19H14ClFN2O3/c1-10-15(19(24)25-3)16(12-7-6-11(21)9-13(12)20)18(22-2)17(23-10)14-5-4-8-26-14/h4-9,16,23H,1,3H3. The van der Waals surface area contributed by atoms with Crippen LogP contribution in [0.25, 0.3) is 10.5 Å². The predicted molar refractivity (Wildman–Crippen MR) is 94.2 cm³/mol. The first kappa shape index (κ1) is 17.8. The van der Waals surface area contributed by atoms with E-state index in [9.17, 15) is 9.18 Å². The molecule has 1 aromatic carbocycles. The van der Waals surface area contributed by atoms with Gasteiger partial charge in [0.1, 0.15) is 11.6 Å². The van der Waals surface area contributed by atoms with Crippen LogP contribution in [0.15, 0.2) is 58.0 Å². The molecule has 2 aromatic rings. The van der Waals surface area contributed by atoms with Crippen molar-refractivity contribution in [2.45, 2.75) is 12.8 Å². The summed E-state index contributed by atoms with van der Waals surface area (Å²) in [5.41, 5.74) is 1.81. The number of halogens is 2. The minimum Gasteiger partial charge on any atom is -0.466 e. The molecule has 7 heteroatoms. The van der Waals surface area contributed by atoms with Crippen LogP contribution in [0, 0.1) is 12.4 Å². The van der Waals surface area contributed by atoms with Gasteiger partial charge in [-0.05, 0) is 36.8 Å². The van der Waals surface area contributed by atoms with E-state index >= 15 is 0 Å². The number of ether oxygens (including phenoxy) is 1. The van der Waals surface area contributed by atoms with Gasteiger partial charge in [-0.1, -0.05) is 17.7 Å². The molecule has 1 aliphatic rings. The van der Waals surface area contributed by atoms with E-state index in [0.29, 0.717) is 22.7 Å². The lowest BCUT2D eigenvalue weighted by Gasteiger charge is -2.29. The first-order chi connectivity index (χ1) is 12.5. The summed E-state index contributed by atoms with van der Waals surface area (Å²) in [6, 6.07) is 7.25. The second kappa shape index (κ2) is 7.06. The number of hydrogen-bond donors (Lipinski definition) is 1. The van der Waals surface area contributed by atoms with Gasteiger partial charge in [-0.15, -0.1) is 0 Å². The first-order valence-electron chi connectivity index (χ1n) is 7.64. The molecule has 0 saturated heterocycles. The number of methoxy groups -OCH3 is 1. The number of furan rings is 1. The van der Waals surface area contributed by atoms with Crippen LogP contribution in [-0.4, -0.2) is 13.1 Å². The van der Waals surface area contributed by atoms with Crippen molar-refractivity contribution in [3.05, 3.63) is 87.1 Å². The number of hydrogen-bond acceptors (Lipinski definition) is 4. The number of rotatable bonds is 3. The highest BCUT2D eigenvalue weighted by molar-refractivity contribution is 6.31. The molecule has 132 valence electrons. The molecule has 0 aliphatic carbocycles. The number of nitrogens with one attached hydrogen (secondary N) is 1. The summed E-state index contributed by atoms with van der Waals surface area (Å²) in [4.78, 5) is 16.0. The number of esters is 1. The molecule has 0 amide bonds. The molecule has 3 rings (SSSR count). The van der Waals surface area contributed by atoms with Gasteiger partial charge in [-0.3, -0.25) is 0 Å². The molecule has 1 aromatic heterocycles. The molecule has 0 saturated carbocycles. The zero-order valence-corrected chi connectivity index (χ0v) is 14.7. The van der Waals surface area contributed by atoms with Crippen LogP contribution in [-0.2, 0) is 9.53 Å². The monoisotopic (exact) mass is 372 g/mol. The highest BCUT2D eigenvalue weighted by Gasteiger charge is 2.37. The molecule has 1 N–H and O–H groups in total.